The van der Waals surface area contributed by atoms with Crippen LogP contribution in [0.2, 0.25) is 0 Å². The molecule has 2 heterocycles. The Balaban J connectivity index is 1.45. The van der Waals surface area contributed by atoms with Gasteiger partial charge in [0.1, 0.15) is 5.82 Å². The summed E-state index contributed by atoms with van der Waals surface area (Å²) in [6, 6.07) is 2.74. The SMILES string of the molecule is COc1nccc(N2CCC(CC(=O)NC3CCCC3)CC2)n1. The van der Waals surface area contributed by atoms with Crippen LogP contribution < -0.4 is 15.0 Å². The van der Waals surface area contributed by atoms with E-state index in [0.29, 0.717) is 24.4 Å². The van der Waals surface area contributed by atoms with Gasteiger partial charge in [-0.2, -0.15) is 4.98 Å². The average Bonchev–Trinajstić information content (AvgIpc) is 3.08. The number of piperidine rings is 1. The lowest BCUT2D eigenvalue weighted by Crippen LogP contribution is -2.38. The molecule has 1 aliphatic heterocycles. The van der Waals surface area contributed by atoms with Gasteiger partial charge in [-0.15, -0.1) is 0 Å². The third-order valence-corrected chi connectivity index (χ3v) is 4.93. The highest BCUT2D eigenvalue weighted by molar-refractivity contribution is 5.76. The molecule has 6 nitrogen and oxygen atoms in total. The molecule has 1 aromatic heterocycles. The molecule has 2 fully saturated rings. The van der Waals surface area contributed by atoms with Gasteiger partial charge in [-0.25, -0.2) is 4.98 Å². The standard InChI is InChI=1S/C17H26N4O2/c1-23-17-18-9-6-15(20-17)21-10-7-13(8-11-21)12-16(22)19-14-4-2-3-5-14/h6,9,13-14H,2-5,7-8,10-12H2,1H3,(H,19,22). The molecule has 1 aliphatic carbocycles. The monoisotopic (exact) mass is 318 g/mol. The van der Waals surface area contributed by atoms with Crippen LogP contribution in [0.4, 0.5) is 5.82 Å². The van der Waals surface area contributed by atoms with Crippen LogP contribution in [-0.2, 0) is 4.79 Å². The number of methoxy groups -OCH3 is 1. The predicted molar refractivity (Wildman–Crippen MR) is 88.5 cm³/mol. The summed E-state index contributed by atoms with van der Waals surface area (Å²) < 4.78 is 5.08. The molecule has 126 valence electrons. The Morgan fingerprint density at radius 3 is 2.74 bits per heavy atom. The number of aromatic nitrogens is 2. The third kappa shape index (κ3) is 4.33. The van der Waals surface area contributed by atoms with Crippen molar-refractivity contribution in [1.29, 1.82) is 0 Å². The molecular formula is C17H26N4O2. The molecule has 6 heteroatoms. The lowest BCUT2D eigenvalue weighted by Gasteiger charge is -2.32. The molecule has 1 amide bonds. The molecule has 0 unspecified atom stereocenters. The van der Waals surface area contributed by atoms with Crippen molar-refractivity contribution < 1.29 is 9.53 Å². The Bertz CT molecular complexity index is 523. The topological polar surface area (TPSA) is 67.3 Å². The highest BCUT2D eigenvalue weighted by atomic mass is 16.5. The third-order valence-electron chi connectivity index (χ3n) is 4.93. The van der Waals surface area contributed by atoms with Crippen molar-refractivity contribution in [3.05, 3.63) is 12.3 Å². The van der Waals surface area contributed by atoms with E-state index < -0.39 is 0 Å². The van der Waals surface area contributed by atoms with Crippen molar-refractivity contribution in [3.63, 3.8) is 0 Å². The number of ether oxygens (including phenoxy) is 1. The summed E-state index contributed by atoms with van der Waals surface area (Å²) in [6.07, 6.45) is 9.27. The molecule has 1 saturated carbocycles. The molecule has 0 aromatic carbocycles. The quantitative estimate of drug-likeness (QED) is 0.901. The van der Waals surface area contributed by atoms with Gasteiger partial charge in [-0.05, 0) is 37.7 Å². The first-order chi connectivity index (χ1) is 11.2. The molecule has 3 rings (SSSR count). The van der Waals surface area contributed by atoms with Crippen molar-refractivity contribution in [1.82, 2.24) is 15.3 Å². The van der Waals surface area contributed by atoms with E-state index in [-0.39, 0.29) is 5.91 Å². The number of carbonyl (C=O) groups is 1. The number of rotatable bonds is 5. The fourth-order valence-electron chi connectivity index (χ4n) is 3.59. The van der Waals surface area contributed by atoms with E-state index in [9.17, 15) is 4.79 Å². The van der Waals surface area contributed by atoms with Crippen LogP contribution in [0.3, 0.4) is 0 Å². The molecule has 1 aromatic rings. The molecule has 2 aliphatic rings. The van der Waals surface area contributed by atoms with Crippen molar-refractivity contribution in [2.45, 2.75) is 51.0 Å². The van der Waals surface area contributed by atoms with Gasteiger partial charge in [0, 0.05) is 31.7 Å². The summed E-state index contributed by atoms with van der Waals surface area (Å²) in [7, 11) is 1.58. The van der Waals surface area contributed by atoms with Crippen LogP contribution >= 0.6 is 0 Å². The maximum atomic E-state index is 12.1. The molecule has 0 bridgehead atoms. The first-order valence-electron chi connectivity index (χ1n) is 8.66. The average molecular weight is 318 g/mol. The number of carbonyl (C=O) groups excluding carboxylic acids is 1. The number of hydrogen-bond acceptors (Lipinski definition) is 5. The van der Waals surface area contributed by atoms with Gasteiger partial charge in [-0.3, -0.25) is 4.79 Å². The summed E-state index contributed by atoms with van der Waals surface area (Å²) in [5.74, 6) is 1.63. The number of hydrogen-bond donors (Lipinski definition) is 1. The number of nitrogens with zero attached hydrogens (tertiary/aromatic N) is 3. The molecule has 0 atom stereocenters. The fourth-order valence-corrected chi connectivity index (χ4v) is 3.59. The zero-order valence-corrected chi connectivity index (χ0v) is 13.8. The van der Waals surface area contributed by atoms with Crippen molar-refractivity contribution in [3.8, 4) is 6.01 Å². The second-order valence-electron chi connectivity index (χ2n) is 6.58. The van der Waals surface area contributed by atoms with Crippen LogP contribution in [0.1, 0.15) is 44.9 Å². The molecule has 1 N–H and O–H groups in total. The van der Waals surface area contributed by atoms with Crippen molar-refractivity contribution in [2.24, 2.45) is 5.92 Å². The fraction of sp³-hybridized carbons (Fsp3) is 0.706. The van der Waals surface area contributed by atoms with Gasteiger partial charge in [0.15, 0.2) is 0 Å². The van der Waals surface area contributed by atoms with Crippen LogP contribution in [0, 0.1) is 5.92 Å². The minimum Gasteiger partial charge on any atom is -0.467 e. The lowest BCUT2D eigenvalue weighted by atomic mass is 9.93. The minimum absolute atomic E-state index is 0.235. The van der Waals surface area contributed by atoms with Crippen molar-refractivity contribution in [2.75, 3.05) is 25.1 Å². The molecule has 0 spiro atoms. The molecule has 23 heavy (non-hydrogen) atoms. The second-order valence-corrected chi connectivity index (χ2v) is 6.58. The normalized spacial score (nSPS) is 19.8. The van der Waals surface area contributed by atoms with Crippen molar-refractivity contribution >= 4 is 11.7 Å². The minimum atomic E-state index is 0.235. The van der Waals surface area contributed by atoms with Gasteiger partial charge in [0.25, 0.3) is 0 Å². The molecular weight excluding hydrogens is 292 g/mol. The molecule has 0 radical (unpaired) electrons. The Labute approximate surface area is 137 Å². The zero-order chi connectivity index (χ0) is 16.1. The van der Waals surface area contributed by atoms with Gasteiger partial charge in [0.2, 0.25) is 5.91 Å². The first-order valence-corrected chi connectivity index (χ1v) is 8.66. The largest absolute Gasteiger partial charge is 0.467 e. The second kappa shape index (κ2) is 7.62. The smallest absolute Gasteiger partial charge is 0.318 e. The Kier molecular flexibility index (Phi) is 5.31. The maximum absolute atomic E-state index is 12.1. The summed E-state index contributed by atoms with van der Waals surface area (Å²) in [5, 5.41) is 3.19. The van der Waals surface area contributed by atoms with E-state index in [1.807, 2.05) is 6.07 Å². The van der Waals surface area contributed by atoms with E-state index in [1.165, 1.54) is 12.8 Å². The van der Waals surface area contributed by atoms with Crippen LogP contribution in [0.5, 0.6) is 6.01 Å². The van der Waals surface area contributed by atoms with Gasteiger partial charge >= 0.3 is 6.01 Å². The highest BCUT2D eigenvalue weighted by Crippen LogP contribution is 2.25. The maximum Gasteiger partial charge on any atom is 0.318 e. The Morgan fingerprint density at radius 2 is 2.04 bits per heavy atom. The number of anilines is 1. The predicted octanol–water partition coefficient (Wildman–Crippen LogP) is 2.15. The van der Waals surface area contributed by atoms with Gasteiger partial charge in [-0.1, -0.05) is 12.8 Å². The van der Waals surface area contributed by atoms with Crippen LogP contribution in [0.15, 0.2) is 12.3 Å². The Hall–Kier alpha value is -1.85. The summed E-state index contributed by atoms with van der Waals surface area (Å²) in [6.45, 7) is 1.86. The molecule has 1 saturated heterocycles. The van der Waals surface area contributed by atoms with Crippen LogP contribution in [0.25, 0.3) is 0 Å². The first kappa shape index (κ1) is 16.0. The number of nitrogens with one attached hydrogen (secondary N) is 1. The van der Waals surface area contributed by atoms with Gasteiger partial charge < -0.3 is 15.0 Å². The number of amides is 1. The zero-order valence-electron chi connectivity index (χ0n) is 13.8. The van der Waals surface area contributed by atoms with E-state index in [2.05, 4.69) is 20.2 Å². The summed E-state index contributed by atoms with van der Waals surface area (Å²) >= 11 is 0. The van der Waals surface area contributed by atoms with Crippen LogP contribution in [-0.4, -0.2) is 42.1 Å². The van der Waals surface area contributed by atoms with Gasteiger partial charge in [0.05, 0.1) is 7.11 Å². The summed E-state index contributed by atoms with van der Waals surface area (Å²) in [4.78, 5) is 22.8. The van der Waals surface area contributed by atoms with E-state index in [1.54, 1.807) is 13.3 Å². The van der Waals surface area contributed by atoms with E-state index >= 15 is 0 Å². The highest BCUT2D eigenvalue weighted by Gasteiger charge is 2.24. The van der Waals surface area contributed by atoms with E-state index in [0.717, 1.165) is 44.6 Å². The summed E-state index contributed by atoms with van der Waals surface area (Å²) in [5.41, 5.74) is 0. The Morgan fingerprint density at radius 1 is 1.30 bits per heavy atom. The lowest BCUT2D eigenvalue weighted by molar-refractivity contribution is -0.122. The van der Waals surface area contributed by atoms with E-state index in [4.69, 9.17) is 4.74 Å².